The van der Waals surface area contributed by atoms with E-state index in [4.69, 9.17) is 17.3 Å². The highest BCUT2D eigenvalue weighted by molar-refractivity contribution is 6.33. The summed E-state index contributed by atoms with van der Waals surface area (Å²) < 4.78 is 1.81. The van der Waals surface area contributed by atoms with Crippen LogP contribution >= 0.6 is 11.6 Å². The van der Waals surface area contributed by atoms with Crippen LogP contribution in [0.5, 0.6) is 0 Å². The van der Waals surface area contributed by atoms with Gasteiger partial charge in [-0.1, -0.05) is 25.4 Å². The van der Waals surface area contributed by atoms with Gasteiger partial charge in [0.15, 0.2) is 5.82 Å². The molecule has 1 unspecified atom stereocenters. The molecule has 0 aliphatic carbocycles. The van der Waals surface area contributed by atoms with E-state index in [9.17, 15) is 0 Å². The predicted octanol–water partition coefficient (Wildman–Crippen LogP) is 3.18. The summed E-state index contributed by atoms with van der Waals surface area (Å²) in [6.07, 6.45) is 0.998. The Morgan fingerprint density at radius 2 is 2.05 bits per heavy atom. The standard InChI is InChI=1S/C13H18ClN5/c1-8(2)6-9(3)19-13(16-17-18-19)11-7-10(15)4-5-12(11)14/h4-5,7-9H,6,15H2,1-3H3. The number of anilines is 1. The summed E-state index contributed by atoms with van der Waals surface area (Å²) in [5.41, 5.74) is 7.21. The van der Waals surface area contributed by atoms with Gasteiger partial charge >= 0.3 is 0 Å². The first-order chi connectivity index (χ1) is 8.99. The van der Waals surface area contributed by atoms with E-state index < -0.39 is 0 Å². The minimum atomic E-state index is 0.211. The van der Waals surface area contributed by atoms with Crippen molar-refractivity contribution >= 4 is 17.3 Å². The summed E-state index contributed by atoms with van der Waals surface area (Å²) in [4.78, 5) is 0. The Morgan fingerprint density at radius 3 is 2.74 bits per heavy atom. The Hall–Kier alpha value is -1.62. The van der Waals surface area contributed by atoms with Crippen LogP contribution < -0.4 is 5.73 Å². The SMILES string of the molecule is CC(C)CC(C)n1nnnc1-c1cc(N)ccc1Cl. The van der Waals surface area contributed by atoms with Crippen molar-refractivity contribution in [1.82, 2.24) is 20.2 Å². The number of nitrogens with two attached hydrogens (primary N) is 1. The molecule has 0 amide bonds. The second-order valence-corrected chi connectivity index (χ2v) is 5.57. The van der Waals surface area contributed by atoms with Gasteiger partial charge in [-0.25, -0.2) is 4.68 Å². The molecule has 0 fully saturated rings. The average Bonchev–Trinajstić information content (AvgIpc) is 2.80. The molecule has 5 nitrogen and oxygen atoms in total. The van der Waals surface area contributed by atoms with Gasteiger partial charge < -0.3 is 5.73 Å². The number of halogens is 1. The van der Waals surface area contributed by atoms with Crippen molar-refractivity contribution in [2.24, 2.45) is 5.92 Å². The third kappa shape index (κ3) is 3.04. The molecule has 102 valence electrons. The van der Waals surface area contributed by atoms with Gasteiger partial charge in [0, 0.05) is 11.3 Å². The van der Waals surface area contributed by atoms with Crippen molar-refractivity contribution in [3.05, 3.63) is 23.2 Å². The lowest BCUT2D eigenvalue weighted by Gasteiger charge is -2.16. The second-order valence-electron chi connectivity index (χ2n) is 5.16. The van der Waals surface area contributed by atoms with Crippen LogP contribution in [0.15, 0.2) is 18.2 Å². The first-order valence-electron chi connectivity index (χ1n) is 6.32. The molecule has 6 heteroatoms. The molecule has 1 aromatic carbocycles. The van der Waals surface area contributed by atoms with Crippen LogP contribution in [0.4, 0.5) is 5.69 Å². The third-order valence-corrected chi connectivity index (χ3v) is 3.28. The first-order valence-corrected chi connectivity index (χ1v) is 6.70. The normalized spacial score (nSPS) is 12.9. The Labute approximate surface area is 117 Å². The van der Waals surface area contributed by atoms with E-state index in [1.54, 1.807) is 22.9 Å². The largest absolute Gasteiger partial charge is 0.399 e. The van der Waals surface area contributed by atoms with E-state index in [2.05, 4.69) is 36.3 Å². The summed E-state index contributed by atoms with van der Waals surface area (Å²) >= 11 is 6.21. The van der Waals surface area contributed by atoms with Gasteiger partial charge in [-0.2, -0.15) is 0 Å². The quantitative estimate of drug-likeness (QED) is 0.873. The van der Waals surface area contributed by atoms with Gasteiger partial charge in [0.1, 0.15) is 0 Å². The van der Waals surface area contributed by atoms with E-state index in [0.717, 1.165) is 12.0 Å². The van der Waals surface area contributed by atoms with Crippen molar-refractivity contribution in [3.8, 4) is 11.4 Å². The highest BCUT2D eigenvalue weighted by Crippen LogP contribution is 2.30. The third-order valence-electron chi connectivity index (χ3n) is 2.95. The number of hydrogen-bond donors (Lipinski definition) is 1. The maximum Gasteiger partial charge on any atom is 0.183 e. The van der Waals surface area contributed by atoms with E-state index >= 15 is 0 Å². The van der Waals surface area contributed by atoms with E-state index in [-0.39, 0.29) is 6.04 Å². The average molecular weight is 280 g/mol. The summed E-state index contributed by atoms with van der Waals surface area (Å²) in [6, 6.07) is 5.53. The molecule has 1 heterocycles. The lowest BCUT2D eigenvalue weighted by atomic mass is 10.1. The number of tetrazole rings is 1. The smallest absolute Gasteiger partial charge is 0.183 e. The number of hydrogen-bond acceptors (Lipinski definition) is 4. The molecular formula is C13H18ClN5. The Morgan fingerprint density at radius 1 is 1.32 bits per heavy atom. The molecule has 19 heavy (non-hydrogen) atoms. The van der Waals surface area contributed by atoms with Crippen molar-refractivity contribution in [1.29, 1.82) is 0 Å². The molecule has 1 atom stereocenters. The minimum absolute atomic E-state index is 0.211. The van der Waals surface area contributed by atoms with Gasteiger partial charge in [-0.15, -0.1) is 5.10 Å². The molecule has 0 saturated heterocycles. The van der Waals surface area contributed by atoms with Crippen LogP contribution in [0.1, 0.15) is 33.2 Å². The molecule has 0 saturated carbocycles. The zero-order valence-corrected chi connectivity index (χ0v) is 12.1. The van der Waals surface area contributed by atoms with Crippen molar-refractivity contribution in [2.45, 2.75) is 33.2 Å². The summed E-state index contributed by atoms with van der Waals surface area (Å²) in [5.74, 6) is 1.23. The lowest BCUT2D eigenvalue weighted by Crippen LogP contribution is -2.11. The molecule has 2 N–H and O–H groups in total. The fourth-order valence-electron chi connectivity index (χ4n) is 2.16. The molecule has 2 rings (SSSR count). The monoisotopic (exact) mass is 279 g/mol. The highest BCUT2D eigenvalue weighted by Gasteiger charge is 2.17. The van der Waals surface area contributed by atoms with Gasteiger partial charge in [0.05, 0.1) is 11.1 Å². The highest BCUT2D eigenvalue weighted by atomic mass is 35.5. The van der Waals surface area contributed by atoms with Crippen molar-refractivity contribution < 1.29 is 0 Å². The number of aromatic nitrogens is 4. The maximum absolute atomic E-state index is 6.21. The van der Waals surface area contributed by atoms with Crippen LogP contribution in [0, 0.1) is 5.92 Å². The van der Waals surface area contributed by atoms with Gasteiger partial charge in [0.2, 0.25) is 0 Å². The van der Waals surface area contributed by atoms with Gasteiger partial charge in [-0.3, -0.25) is 0 Å². The summed E-state index contributed by atoms with van der Waals surface area (Å²) in [6.45, 7) is 6.45. The van der Waals surface area contributed by atoms with E-state index in [1.807, 2.05) is 0 Å². The van der Waals surface area contributed by atoms with Crippen molar-refractivity contribution in [3.63, 3.8) is 0 Å². The number of nitrogens with zero attached hydrogens (tertiary/aromatic N) is 4. The predicted molar refractivity (Wildman–Crippen MR) is 76.8 cm³/mol. The van der Waals surface area contributed by atoms with Crippen LogP contribution in [0.25, 0.3) is 11.4 Å². The molecule has 1 aromatic heterocycles. The Bertz CT molecular complexity index is 564. The molecule has 0 radical (unpaired) electrons. The zero-order valence-electron chi connectivity index (χ0n) is 11.3. The summed E-state index contributed by atoms with van der Waals surface area (Å²) in [7, 11) is 0. The number of nitrogen functional groups attached to an aromatic ring is 1. The second kappa shape index (κ2) is 5.57. The Kier molecular flexibility index (Phi) is 4.04. The molecule has 0 aliphatic heterocycles. The molecule has 0 bridgehead atoms. The van der Waals surface area contributed by atoms with E-state index in [0.29, 0.717) is 22.5 Å². The van der Waals surface area contributed by atoms with Gasteiger partial charge in [-0.05, 0) is 47.9 Å². The minimum Gasteiger partial charge on any atom is -0.399 e. The fourth-order valence-corrected chi connectivity index (χ4v) is 2.37. The zero-order chi connectivity index (χ0) is 14.0. The molecule has 2 aromatic rings. The number of rotatable bonds is 4. The van der Waals surface area contributed by atoms with Crippen LogP contribution in [0.3, 0.4) is 0 Å². The molecule has 0 spiro atoms. The topological polar surface area (TPSA) is 69.6 Å². The summed E-state index contributed by atoms with van der Waals surface area (Å²) in [5, 5.41) is 12.5. The Balaban J connectivity index is 2.41. The fraction of sp³-hybridized carbons (Fsp3) is 0.462. The molecular weight excluding hydrogens is 262 g/mol. The van der Waals surface area contributed by atoms with Crippen LogP contribution in [-0.2, 0) is 0 Å². The molecule has 0 aliphatic rings. The van der Waals surface area contributed by atoms with Crippen LogP contribution in [-0.4, -0.2) is 20.2 Å². The number of benzene rings is 1. The lowest BCUT2D eigenvalue weighted by molar-refractivity contribution is 0.394. The van der Waals surface area contributed by atoms with Crippen LogP contribution in [0.2, 0.25) is 5.02 Å². The first kappa shape index (κ1) is 13.8. The van der Waals surface area contributed by atoms with Crippen molar-refractivity contribution in [2.75, 3.05) is 5.73 Å². The van der Waals surface area contributed by atoms with Gasteiger partial charge in [0.25, 0.3) is 0 Å². The maximum atomic E-state index is 6.21. The van der Waals surface area contributed by atoms with E-state index in [1.165, 1.54) is 0 Å².